The summed E-state index contributed by atoms with van der Waals surface area (Å²) in [6.07, 6.45) is 11.9. The number of aryl methyl sites for hydroxylation is 1. The summed E-state index contributed by atoms with van der Waals surface area (Å²) in [5, 5.41) is 3.62. The Balaban J connectivity index is 1.27. The average Bonchev–Trinajstić information content (AvgIpc) is 3.63. The lowest BCUT2D eigenvalue weighted by Crippen LogP contribution is -2.11. The van der Waals surface area contributed by atoms with Crippen molar-refractivity contribution in [3.63, 3.8) is 0 Å². The van der Waals surface area contributed by atoms with Crippen molar-refractivity contribution in [2.75, 3.05) is 5.32 Å². The Bertz CT molecular complexity index is 2030. The second kappa shape index (κ2) is 9.48. The van der Waals surface area contributed by atoms with E-state index in [1.54, 1.807) is 43.2 Å². The second-order valence-electron chi connectivity index (χ2n) is 9.14. The van der Waals surface area contributed by atoms with E-state index in [0.29, 0.717) is 45.1 Å². The Morgan fingerprint density at radius 1 is 0.925 bits per heavy atom. The van der Waals surface area contributed by atoms with Crippen molar-refractivity contribution < 1.29 is 4.79 Å². The number of benzene rings is 1. The van der Waals surface area contributed by atoms with Crippen molar-refractivity contribution in [1.29, 1.82) is 0 Å². The van der Waals surface area contributed by atoms with Crippen LogP contribution in [0.2, 0.25) is 0 Å². The highest BCUT2D eigenvalue weighted by atomic mass is 16.1. The van der Waals surface area contributed by atoms with Gasteiger partial charge in [0.15, 0.2) is 17.3 Å². The first-order valence-corrected chi connectivity index (χ1v) is 12.4. The molecular formula is C29H20N10O. The zero-order chi connectivity index (χ0) is 27.1. The van der Waals surface area contributed by atoms with Gasteiger partial charge in [0, 0.05) is 46.9 Å². The van der Waals surface area contributed by atoms with E-state index in [4.69, 9.17) is 4.98 Å². The highest BCUT2D eigenvalue weighted by Gasteiger charge is 2.16. The number of nitrogens with one attached hydrogen (secondary N) is 2. The number of imidazole rings is 2. The molecule has 0 aliphatic carbocycles. The maximum Gasteiger partial charge on any atom is 0.255 e. The Hall–Kier alpha value is -5.84. The first kappa shape index (κ1) is 23.3. The van der Waals surface area contributed by atoms with Gasteiger partial charge < -0.3 is 10.3 Å². The summed E-state index contributed by atoms with van der Waals surface area (Å²) in [4.78, 5) is 47.5. The first-order valence-electron chi connectivity index (χ1n) is 12.4. The maximum atomic E-state index is 12.6. The Labute approximate surface area is 227 Å². The minimum atomic E-state index is -0.212. The third-order valence-corrected chi connectivity index (χ3v) is 6.42. The van der Waals surface area contributed by atoms with Crippen LogP contribution in [0.3, 0.4) is 0 Å². The van der Waals surface area contributed by atoms with Gasteiger partial charge in [-0.2, -0.15) is 0 Å². The van der Waals surface area contributed by atoms with E-state index < -0.39 is 0 Å². The molecule has 192 valence electrons. The smallest absolute Gasteiger partial charge is 0.255 e. The van der Waals surface area contributed by atoms with Crippen LogP contribution in [0.15, 0.2) is 92.2 Å². The van der Waals surface area contributed by atoms with Gasteiger partial charge in [0.2, 0.25) is 0 Å². The Morgan fingerprint density at radius 2 is 1.80 bits per heavy atom. The number of H-pyrrole nitrogens is 1. The molecule has 0 saturated carbocycles. The molecule has 0 fully saturated rings. The molecule has 40 heavy (non-hydrogen) atoms. The number of aromatic amines is 1. The predicted molar refractivity (Wildman–Crippen MR) is 150 cm³/mol. The van der Waals surface area contributed by atoms with Gasteiger partial charge in [0.1, 0.15) is 23.9 Å². The molecule has 1 amide bonds. The largest absolute Gasteiger partial charge is 0.336 e. The Morgan fingerprint density at radius 3 is 2.65 bits per heavy atom. The van der Waals surface area contributed by atoms with Crippen LogP contribution < -0.4 is 5.32 Å². The maximum absolute atomic E-state index is 12.6. The van der Waals surface area contributed by atoms with Crippen LogP contribution >= 0.6 is 0 Å². The fourth-order valence-electron chi connectivity index (χ4n) is 4.51. The number of hydrogen-bond acceptors (Lipinski definition) is 8. The molecule has 11 heteroatoms. The van der Waals surface area contributed by atoms with Crippen molar-refractivity contribution in [2.45, 2.75) is 6.92 Å². The molecule has 0 radical (unpaired) electrons. The topological polar surface area (TPSA) is 140 Å². The molecule has 11 nitrogen and oxygen atoms in total. The standard InChI is InChI=1S/C29H20N10O/c1-17-14-39(16-35-17)28-25-23(7-8-31-28)37-27(38-25)24-22-10-20(12-32-26(22)34-15-33-24)19-9-21(13-30-11-19)36-29(40)18-5-3-2-4-6-18/h2-16H,1H3,(H,36,40)(H,37,38). The fraction of sp³-hybridized carbons (Fsp3) is 0.0345. The number of aromatic nitrogens is 9. The van der Waals surface area contributed by atoms with E-state index in [1.165, 1.54) is 6.33 Å². The molecule has 1 aromatic carbocycles. The number of hydrogen-bond donors (Lipinski definition) is 2. The number of carbonyl (C=O) groups excluding carboxylic acids is 1. The van der Waals surface area contributed by atoms with Gasteiger partial charge >= 0.3 is 0 Å². The molecule has 0 bridgehead atoms. The average molecular weight is 525 g/mol. The molecule has 7 aromatic rings. The molecule has 0 aliphatic rings. The Kier molecular flexibility index (Phi) is 5.52. The van der Waals surface area contributed by atoms with Crippen LogP contribution in [-0.2, 0) is 0 Å². The number of pyridine rings is 3. The van der Waals surface area contributed by atoms with E-state index in [1.807, 2.05) is 54.1 Å². The van der Waals surface area contributed by atoms with E-state index in [2.05, 4.69) is 40.2 Å². The summed E-state index contributed by atoms with van der Waals surface area (Å²) < 4.78 is 1.84. The minimum absolute atomic E-state index is 0.212. The molecule has 7 rings (SSSR count). The van der Waals surface area contributed by atoms with Gasteiger partial charge in [-0.25, -0.2) is 29.9 Å². The second-order valence-corrected chi connectivity index (χ2v) is 9.14. The molecule has 0 unspecified atom stereocenters. The van der Waals surface area contributed by atoms with Gasteiger partial charge in [0.05, 0.1) is 23.1 Å². The number of rotatable bonds is 5. The molecule has 0 aliphatic heterocycles. The lowest BCUT2D eigenvalue weighted by Gasteiger charge is -2.08. The van der Waals surface area contributed by atoms with Crippen molar-refractivity contribution in [3.05, 3.63) is 103 Å². The summed E-state index contributed by atoms with van der Waals surface area (Å²) in [6.45, 7) is 1.92. The van der Waals surface area contributed by atoms with Crippen molar-refractivity contribution in [3.8, 4) is 28.5 Å². The molecule has 6 heterocycles. The molecule has 0 spiro atoms. The zero-order valence-corrected chi connectivity index (χ0v) is 21.1. The van der Waals surface area contributed by atoms with Crippen LogP contribution in [0, 0.1) is 6.92 Å². The lowest BCUT2D eigenvalue weighted by molar-refractivity contribution is 0.102. The molecule has 2 N–H and O–H groups in total. The molecule has 0 saturated heterocycles. The first-order chi connectivity index (χ1) is 19.6. The van der Waals surface area contributed by atoms with Crippen LogP contribution in [-0.4, -0.2) is 50.3 Å². The van der Waals surface area contributed by atoms with E-state index in [9.17, 15) is 4.79 Å². The van der Waals surface area contributed by atoms with Gasteiger partial charge in [-0.15, -0.1) is 0 Å². The molecule has 6 aromatic heterocycles. The van der Waals surface area contributed by atoms with Crippen molar-refractivity contribution >= 4 is 33.7 Å². The monoisotopic (exact) mass is 524 g/mol. The number of fused-ring (bicyclic) bond motifs is 2. The summed E-state index contributed by atoms with van der Waals surface area (Å²) in [7, 11) is 0. The molecular weight excluding hydrogens is 504 g/mol. The van der Waals surface area contributed by atoms with Crippen LogP contribution in [0.1, 0.15) is 16.1 Å². The van der Waals surface area contributed by atoms with Crippen LogP contribution in [0.5, 0.6) is 0 Å². The van der Waals surface area contributed by atoms with E-state index in [0.717, 1.165) is 22.3 Å². The summed E-state index contributed by atoms with van der Waals surface area (Å²) in [6, 6.07) is 14.7. The third kappa shape index (κ3) is 4.21. The summed E-state index contributed by atoms with van der Waals surface area (Å²) in [5.41, 5.74) is 6.22. The number of amides is 1. The van der Waals surface area contributed by atoms with Gasteiger partial charge in [-0.05, 0) is 37.3 Å². The number of anilines is 1. The van der Waals surface area contributed by atoms with E-state index >= 15 is 0 Å². The quantitative estimate of drug-likeness (QED) is 0.328. The summed E-state index contributed by atoms with van der Waals surface area (Å²) >= 11 is 0. The molecule has 0 atom stereocenters. The minimum Gasteiger partial charge on any atom is -0.336 e. The summed E-state index contributed by atoms with van der Waals surface area (Å²) in [5.74, 6) is 1.02. The number of carbonyl (C=O) groups is 1. The zero-order valence-electron chi connectivity index (χ0n) is 21.1. The number of nitrogens with zero attached hydrogens (tertiary/aromatic N) is 8. The lowest BCUT2D eigenvalue weighted by atomic mass is 10.1. The normalized spacial score (nSPS) is 11.2. The van der Waals surface area contributed by atoms with Gasteiger partial charge in [-0.1, -0.05) is 18.2 Å². The van der Waals surface area contributed by atoms with Gasteiger partial charge in [-0.3, -0.25) is 14.3 Å². The van der Waals surface area contributed by atoms with Crippen LogP contribution in [0.25, 0.3) is 50.5 Å². The van der Waals surface area contributed by atoms with Crippen molar-refractivity contribution in [2.24, 2.45) is 0 Å². The SMILES string of the molecule is Cc1cn(-c2nccc3[nH]c(-c4ncnc5ncc(-c6cncc(NC(=O)c7ccccc7)c6)cc45)nc23)cn1. The third-order valence-electron chi connectivity index (χ3n) is 6.42. The van der Waals surface area contributed by atoms with Crippen molar-refractivity contribution in [1.82, 2.24) is 44.4 Å². The predicted octanol–water partition coefficient (Wildman–Crippen LogP) is 4.77. The van der Waals surface area contributed by atoms with Crippen LogP contribution in [0.4, 0.5) is 5.69 Å². The highest BCUT2D eigenvalue weighted by Crippen LogP contribution is 2.30. The van der Waals surface area contributed by atoms with Gasteiger partial charge in [0.25, 0.3) is 5.91 Å². The van der Waals surface area contributed by atoms with E-state index in [-0.39, 0.29) is 5.91 Å². The highest BCUT2D eigenvalue weighted by molar-refractivity contribution is 6.04. The fourth-order valence-corrected chi connectivity index (χ4v) is 4.51.